The van der Waals surface area contributed by atoms with Crippen LogP contribution < -0.4 is 5.11 Å². The topological polar surface area (TPSA) is 111 Å². The number of carbonyl (C=O) groups excluding carboxylic acids is 3. The van der Waals surface area contributed by atoms with Crippen LogP contribution in [0, 0.1) is 0 Å². The molecule has 0 aromatic rings. The second kappa shape index (κ2) is 50.3. The molecule has 0 radical (unpaired) electrons. The maximum absolute atomic E-state index is 12.8. The number of unbranched alkanes of at least 4 members (excludes halogenated alkanes) is 15. The molecule has 0 aromatic heterocycles. The highest BCUT2D eigenvalue weighted by Crippen LogP contribution is 2.14. The lowest BCUT2D eigenvalue weighted by Gasteiger charge is -2.26. The molecular weight excluding hydrogens is 863 g/mol. The lowest BCUT2D eigenvalue weighted by atomic mass is 10.1. The molecule has 0 heterocycles. The van der Waals surface area contributed by atoms with Gasteiger partial charge in [-0.2, -0.15) is 0 Å². The van der Waals surface area contributed by atoms with E-state index < -0.39 is 24.3 Å². The first-order valence-electron chi connectivity index (χ1n) is 27.0. The minimum absolute atomic E-state index is 0.137. The van der Waals surface area contributed by atoms with Crippen LogP contribution in [-0.4, -0.2) is 82.3 Å². The number of carbonyl (C=O) groups is 3. The van der Waals surface area contributed by atoms with Gasteiger partial charge in [-0.05, 0) is 96.3 Å². The highest BCUT2D eigenvalue weighted by atomic mass is 16.7. The Balaban J connectivity index is 4.37. The standard InChI is InChI=1S/C60H99NO8/c1-6-8-10-12-14-16-18-20-22-24-26-28-29-31-32-34-36-38-40-42-44-46-48-50-57(62)67-54-56(55-68-60(59(64)65)66-53-52-61(3,4)5)69-58(63)51-49-47-45-43-41-39-37-35-33-30-27-25-23-21-19-17-15-13-11-9-7-2/h8-11,14-17,20-23,26-28,30,35,37,56,60H,6-7,12-13,18-19,24-25,29,31-34,36,38-55H2,1-5H3/b10-8-,11-9-,16-14-,17-15-,22-20-,23-21-,28-26-,30-27-,37-35-. The van der Waals surface area contributed by atoms with Gasteiger partial charge < -0.3 is 33.3 Å². The molecule has 0 aliphatic carbocycles. The molecule has 0 aliphatic rings. The molecule has 0 bridgehead atoms. The van der Waals surface area contributed by atoms with Crippen molar-refractivity contribution in [1.82, 2.24) is 0 Å². The normalized spacial score (nSPS) is 13.7. The molecule has 2 atom stereocenters. The van der Waals surface area contributed by atoms with Crippen molar-refractivity contribution in [2.45, 2.75) is 206 Å². The summed E-state index contributed by atoms with van der Waals surface area (Å²) in [5.41, 5.74) is 0. The predicted octanol–water partition coefficient (Wildman–Crippen LogP) is 14.2. The van der Waals surface area contributed by atoms with Crippen molar-refractivity contribution in [2.75, 3.05) is 47.5 Å². The SMILES string of the molecule is CC/C=C\C/C=C\C/C=C\C/C=C\C/C=C\CCCCCCCC(=O)OC(COC(=O)CCCCCCCCCCCC/C=C\C/C=C\C/C=C\C/C=C\CC)COC(OCC[N+](C)(C)C)C(=O)[O-]. The number of likely N-dealkylation sites (N-methyl/N-ethyl adjacent to an activating group) is 1. The molecule has 69 heavy (non-hydrogen) atoms. The number of rotatable bonds is 48. The number of carboxylic acid groups (broad SMARTS) is 1. The van der Waals surface area contributed by atoms with Gasteiger partial charge in [0.15, 0.2) is 12.4 Å². The molecule has 0 rings (SSSR count). The van der Waals surface area contributed by atoms with Crippen molar-refractivity contribution in [3.8, 4) is 0 Å². The molecule has 0 saturated carbocycles. The number of ether oxygens (including phenoxy) is 4. The van der Waals surface area contributed by atoms with E-state index in [2.05, 4.69) is 123 Å². The molecule has 2 unspecified atom stereocenters. The van der Waals surface area contributed by atoms with Crippen molar-refractivity contribution < 1.29 is 42.9 Å². The summed E-state index contributed by atoms with van der Waals surface area (Å²) in [5, 5.41) is 11.8. The predicted molar refractivity (Wildman–Crippen MR) is 287 cm³/mol. The lowest BCUT2D eigenvalue weighted by Crippen LogP contribution is -2.44. The molecule has 0 aliphatic heterocycles. The number of carboxylic acids is 1. The Morgan fingerprint density at radius 2 is 0.783 bits per heavy atom. The van der Waals surface area contributed by atoms with Gasteiger partial charge in [0.05, 0.1) is 40.3 Å². The van der Waals surface area contributed by atoms with Gasteiger partial charge in [0.2, 0.25) is 0 Å². The van der Waals surface area contributed by atoms with E-state index in [-0.39, 0.29) is 38.6 Å². The third-order valence-electron chi connectivity index (χ3n) is 11.0. The van der Waals surface area contributed by atoms with Crippen LogP contribution >= 0.6 is 0 Å². The number of nitrogens with zero attached hydrogens (tertiary/aromatic N) is 1. The first kappa shape index (κ1) is 65.0. The molecule has 0 saturated heterocycles. The van der Waals surface area contributed by atoms with E-state index in [0.717, 1.165) is 122 Å². The Hall–Kier alpha value is -4.05. The molecule has 0 N–H and O–H groups in total. The second-order valence-corrected chi connectivity index (χ2v) is 18.8. The van der Waals surface area contributed by atoms with Gasteiger partial charge in [0.25, 0.3) is 0 Å². The minimum atomic E-state index is -1.63. The molecule has 0 aromatic carbocycles. The van der Waals surface area contributed by atoms with Gasteiger partial charge >= 0.3 is 11.9 Å². The summed E-state index contributed by atoms with van der Waals surface area (Å²) < 4.78 is 22.6. The highest BCUT2D eigenvalue weighted by Gasteiger charge is 2.22. The zero-order valence-electron chi connectivity index (χ0n) is 44.4. The molecule has 0 fully saturated rings. The minimum Gasteiger partial charge on any atom is -0.545 e. The van der Waals surface area contributed by atoms with Crippen LogP contribution in [0.1, 0.15) is 194 Å². The van der Waals surface area contributed by atoms with Gasteiger partial charge in [-0.15, -0.1) is 0 Å². The van der Waals surface area contributed by atoms with Crippen LogP contribution in [0.25, 0.3) is 0 Å². The maximum Gasteiger partial charge on any atom is 0.306 e. The average molecular weight is 962 g/mol. The summed E-state index contributed by atoms with van der Waals surface area (Å²) >= 11 is 0. The van der Waals surface area contributed by atoms with E-state index in [4.69, 9.17) is 18.9 Å². The fraction of sp³-hybridized carbons (Fsp3) is 0.650. The van der Waals surface area contributed by atoms with Crippen molar-refractivity contribution >= 4 is 17.9 Å². The molecule has 9 heteroatoms. The summed E-state index contributed by atoms with van der Waals surface area (Å²) in [7, 11) is 5.90. The number of esters is 2. The maximum atomic E-state index is 12.8. The van der Waals surface area contributed by atoms with E-state index >= 15 is 0 Å². The van der Waals surface area contributed by atoms with Gasteiger partial charge in [-0.25, -0.2) is 0 Å². The van der Waals surface area contributed by atoms with Crippen LogP contribution in [0.15, 0.2) is 109 Å². The largest absolute Gasteiger partial charge is 0.545 e. The number of allylic oxidation sites excluding steroid dienone is 18. The summed E-state index contributed by atoms with van der Waals surface area (Å²) in [6, 6.07) is 0. The molecule has 9 nitrogen and oxygen atoms in total. The quantitative estimate of drug-likeness (QED) is 0.0195. The molecule has 392 valence electrons. The van der Waals surface area contributed by atoms with Gasteiger partial charge in [0.1, 0.15) is 13.2 Å². The Morgan fingerprint density at radius 1 is 0.435 bits per heavy atom. The Bertz CT molecular complexity index is 1490. The van der Waals surface area contributed by atoms with E-state index in [1.165, 1.54) is 38.5 Å². The van der Waals surface area contributed by atoms with Crippen LogP contribution in [0.5, 0.6) is 0 Å². The third-order valence-corrected chi connectivity index (χ3v) is 11.0. The van der Waals surface area contributed by atoms with Gasteiger partial charge in [0, 0.05) is 12.8 Å². The summed E-state index contributed by atoms with van der Waals surface area (Å²) in [4.78, 5) is 37.2. The Kier molecular flexibility index (Phi) is 47.4. The molecule has 0 spiro atoms. The van der Waals surface area contributed by atoms with Crippen LogP contribution in [0.4, 0.5) is 0 Å². The number of quaternary nitrogens is 1. The smallest absolute Gasteiger partial charge is 0.306 e. The van der Waals surface area contributed by atoms with Gasteiger partial charge in [-0.3, -0.25) is 9.59 Å². The number of hydrogen-bond acceptors (Lipinski definition) is 8. The van der Waals surface area contributed by atoms with Crippen LogP contribution in [-0.2, 0) is 33.3 Å². The third kappa shape index (κ3) is 51.6. The lowest BCUT2D eigenvalue weighted by molar-refractivity contribution is -0.870. The fourth-order valence-electron chi connectivity index (χ4n) is 6.91. The summed E-state index contributed by atoms with van der Waals surface area (Å²) in [6.07, 6.45) is 65.5. The van der Waals surface area contributed by atoms with Gasteiger partial charge in [-0.1, -0.05) is 194 Å². The number of aliphatic carboxylic acids is 1. The first-order chi connectivity index (χ1) is 33.6. The van der Waals surface area contributed by atoms with Crippen molar-refractivity contribution in [3.05, 3.63) is 109 Å². The molecular formula is C60H99NO8. The highest BCUT2D eigenvalue weighted by molar-refractivity contribution is 5.70. The zero-order chi connectivity index (χ0) is 50.6. The van der Waals surface area contributed by atoms with E-state index in [9.17, 15) is 19.5 Å². The zero-order valence-corrected chi connectivity index (χ0v) is 44.4. The van der Waals surface area contributed by atoms with Crippen LogP contribution in [0.2, 0.25) is 0 Å². The van der Waals surface area contributed by atoms with E-state index in [0.29, 0.717) is 17.4 Å². The Labute approximate surface area is 422 Å². The van der Waals surface area contributed by atoms with Crippen molar-refractivity contribution in [3.63, 3.8) is 0 Å². The van der Waals surface area contributed by atoms with Crippen LogP contribution in [0.3, 0.4) is 0 Å². The fourth-order valence-corrected chi connectivity index (χ4v) is 6.91. The molecule has 0 amide bonds. The van der Waals surface area contributed by atoms with Crippen molar-refractivity contribution in [1.29, 1.82) is 0 Å². The monoisotopic (exact) mass is 962 g/mol. The van der Waals surface area contributed by atoms with E-state index in [1.54, 1.807) is 0 Å². The Morgan fingerprint density at radius 3 is 1.16 bits per heavy atom. The average Bonchev–Trinajstić information content (AvgIpc) is 3.31. The van der Waals surface area contributed by atoms with E-state index in [1.807, 2.05) is 21.1 Å². The van der Waals surface area contributed by atoms with Crippen molar-refractivity contribution in [2.24, 2.45) is 0 Å². The summed E-state index contributed by atoms with van der Waals surface area (Å²) in [5.74, 6) is -2.33. The number of hydrogen-bond donors (Lipinski definition) is 0. The first-order valence-corrected chi connectivity index (χ1v) is 27.0. The second-order valence-electron chi connectivity index (χ2n) is 18.8. The summed E-state index contributed by atoms with van der Waals surface area (Å²) in [6.45, 7) is 4.48.